The van der Waals surface area contributed by atoms with E-state index in [9.17, 15) is 14.4 Å². The molecule has 7 nitrogen and oxygen atoms in total. The summed E-state index contributed by atoms with van der Waals surface area (Å²) in [6.07, 6.45) is -0.773. The summed E-state index contributed by atoms with van der Waals surface area (Å²) >= 11 is 11.9. The fraction of sp³-hybridized carbons (Fsp3) is 0.250. The summed E-state index contributed by atoms with van der Waals surface area (Å²) in [6, 6.07) is 11.2. The van der Waals surface area contributed by atoms with Crippen molar-refractivity contribution in [2.45, 2.75) is 20.0 Å². The molecule has 3 N–H and O–H groups in total. The molecule has 2 aromatic carbocycles. The Bertz CT molecular complexity index is 888. The van der Waals surface area contributed by atoms with Gasteiger partial charge in [-0.05, 0) is 49.4 Å². The van der Waals surface area contributed by atoms with Crippen LogP contribution < -0.4 is 20.7 Å². The normalized spacial score (nSPS) is 11.3. The number of halogens is 2. The van der Waals surface area contributed by atoms with Gasteiger partial charge in [0.05, 0.1) is 5.02 Å². The molecule has 154 valence electrons. The Morgan fingerprint density at radius 1 is 1.00 bits per heavy atom. The van der Waals surface area contributed by atoms with Crippen LogP contribution in [0.15, 0.2) is 42.5 Å². The van der Waals surface area contributed by atoms with Crippen molar-refractivity contribution in [3.8, 4) is 5.75 Å². The summed E-state index contributed by atoms with van der Waals surface area (Å²) in [6.45, 7) is 3.48. The fourth-order valence-corrected chi connectivity index (χ4v) is 2.78. The number of benzene rings is 2. The van der Waals surface area contributed by atoms with Gasteiger partial charge in [-0.15, -0.1) is 0 Å². The SMILES string of the molecule is CC(=O)Nc1ccc(C(=O)NCCNC(=O)[C@@H](C)Oc2ccc(Cl)cc2Cl)cc1. The number of nitrogens with one attached hydrogen (secondary N) is 3. The average molecular weight is 438 g/mol. The van der Waals surface area contributed by atoms with Crippen LogP contribution in [0.3, 0.4) is 0 Å². The molecule has 0 aliphatic heterocycles. The van der Waals surface area contributed by atoms with E-state index >= 15 is 0 Å². The number of carbonyl (C=O) groups is 3. The van der Waals surface area contributed by atoms with Gasteiger partial charge >= 0.3 is 0 Å². The van der Waals surface area contributed by atoms with E-state index in [2.05, 4.69) is 16.0 Å². The number of amides is 3. The van der Waals surface area contributed by atoms with Crippen molar-refractivity contribution in [3.05, 3.63) is 58.1 Å². The van der Waals surface area contributed by atoms with Crippen LogP contribution in [0.4, 0.5) is 5.69 Å². The third kappa shape index (κ3) is 7.29. The number of hydrogen-bond donors (Lipinski definition) is 3. The monoisotopic (exact) mass is 437 g/mol. The average Bonchev–Trinajstić information content (AvgIpc) is 2.67. The van der Waals surface area contributed by atoms with Crippen LogP contribution in [0.5, 0.6) is 5.75 Å². The molecule has 2 aromatic rings. The van der Waals surface area contributed by atoms with Crippen molar-refractivity contribution in [1.29, 1.82) is 0 Å². The molecular weight excluding hydrogens is 417 g/mol. The van der Waals surface area contributed by atoms with E-state index in [1.165, 1.54) is 13.0 Å². The third-order valence-corrected chi connectivity index (χ3v) is 4.27. The highest BCUT2D eigenvalue weighted by Crippen LogP contribution is 2.28. The van der Waals surface area contributed by atoms with Gasteiger partial charge in [0.2, 0.25) is 5.91 Å². The number of hydrogen-bond acceptors (Lipinski definition) is 4. The minimum Gasteiger partial charge on any atom is -0.479 e. The molecule has 0 bridgehead atoms. The molecule has 2 rings (SSSR count). The van der Waals surface area contributed by atoms with Crippen molar-refractivity contribution < 1.29 is 19.1 Å². The second-order valence-corrected chi connectivity index (χ2v) is 6.98. The molecule has 0 aliphatic carbocycles. The molecule has 0 heterocycles. The molecule has 0 aliphatic rings. The molecule has 9 heteroatoms. The van der Waals surface area contributed by atoms with E-state index in [1.807, 2.05) is 0 Å². The minimum atomic E-state index is -0.773. The largest absolute Gasteiger partial charge is 0.479 e. The zero-order valence-corrected chi connectivity index (χ0v) is 17.4. The maximum Gasteiger partial charge on any atom is 0.260 e. The van der Waals surface area contributed by atoms with Crippen LogP contribution in [0.25, 0.3) is 0 Å². The highest BCUT2D eigenvalue weighted by atomic mass is 35.5. The van der Waals surface area contributed by atoms with E-state index < -0.39 is 6.10 Å². The van der Waals surface area contributed by atoms with E-state index in [0.29, 0.717) is 27.0 Å². The Labute approximate surface area is 178 Å². The van der Waals surface area contributed by atoms with Gasteiger partial charge in [0.1, 0.15) is 5.75 Å². The van der Waals surface area contributed by atoms with Crippen molar-refractivity contribution >= 4 is 46.6 Å². The Morgan fingerprint density at radius 2 is 1.66 bits per heavy atom. The second-order valence-electron chi connectivity index (χ2n) is 6.14. The van der Waals surface area contributed by atoms with Gasteiger partial charge in [0.15, 0.2) is 6.10 Å². The smallest absolute Gasteiger partial charge is 0.260 e. The first kappa shape index (κ1) is 22.5. The van der Waals surface area contributed by atoms with Crippen LogP contribution in [-0.2, 0) is 9.59 Å². The standard InChI is InChI=1S/C20H21Cl2N3O4/c1-12(29-18-8-5-15(21)11-17(18)22)19(27)23-9-10-24-20(28)14-3-6-16(7-4-14)25-13(2)26/h3-8,11-12H,9-10H2,1-2H3,(H,23,27)(H,24,28)(H,25,26)/t12-/m1/s1. The van der Waals surface area contributed by atoms with E-state index in [0.717, 1.165) is 0 Å². The Hall–Kier alpha value is -2.77. The van der Waals surface area contributed by atoms with E-state index in [4.69, 9.17) is 27.9 Å². The zero-order chi connectivity index (χ0) is 21.4. The van der Waals surface area contributed by atoms with Crippen LogP contribution >= 0.6 is 23.2 Å². The van der Waals surface area contributed by atoms with Crippen molar-refractivity contribution in [3.63, 3.8) is 0 Å². The first-order valence-electron chi connectivity index (χ1n) is 8.81. The third-order valence-electron chi connectivity index (χ3n) is 3.74. The number of ether oxygens (including phenoxy) is 1. The van der Waals surface area contributed by atoms with Gasteiger partial charge < -0.3 is 20.7 Å². The molecule has 0 radical (unpaired) electrons. The summed E-state index contributed by atoms with van der Waals surface area (Å²) in [5, 5.41) is 8.79. The molecule has 0 saturated heterocycles. The number of anilines is 1. The topological polar surface area (TPSA) is 96.5 Å². The Kier molecular flexibility index (Phi) is 8.30. The molecule has 0 spiro atoms. The van der Waals surface area contributed by atoms with Crippen molar-refractivity contribution in [2.75, 3.05) is 18.4 Å². The second kappa shape index (κ2) is 10.7. The van der Waals surface area contributed by atoms with Gasteiger partial charge in [0.25, 0.3) is 11.8 Å². The fourth-order valence-electron chi connectivity index (χ4n) is 2.33. The zero-order valence-electron chi connectivity index (χ0n) is 15.9. The molecule has 0 fully saturated rings. The molecule has 29 heavy (non-hydrogen) atoms. The highest BCUT2D eigenvalue weighted by molar-refractivity contribution is 6.35. The molecule has 0 saturated carbocycles. The summed E-state index contributed by atoms with van der Waals surface area (Å²) in [7, 11) is 0. The lowest BCUT2D eigenvalue weighted by Crippen LogP contribution is -2.40. The predicted molar refractivity (Wildman–Crippen MR) is 113 cm³/mol. The lowest BCUT2D eigenvalue weighted by atomic mass is 10.2. The molecule has 0 aromatic heterocycles. The summed E-state index contributed by atoms with van der Waals surface area (Å²) in [4.78, 5) is 35.2. The Balaban J connectivity index is 1.74. The van der Waals surface area contributed by atoms with E-state index in [-0.39, 0.29) is 30.8 Å². The molecule has 0 unspecified atom stereocenters. The minimum absolute atomic E-state index is 0.186. The van der Waals surface area contributed by atoms with Gasteiger partial charge in [-0.2, -0.15) is 0 Å². The first-order valence-corrected chi connectivity index (χ1v) is 9.57. The maximum atomic E-state index is 12.1. The van der Waals surface area contributed by atoms with Gasteiger partial charge in [-0.25, -0.2) is 0 Å². The van der Waals surface area contributed by atoms with Gasteiger partial charge in [0, 0.05) is 36.3 Å². The first-order chi connectivity index (χ1) is 13.8. The molecule has 3 amide bonds. The molecular formula is C20H21Cl2N3O4. The number of rotatable bonds is 8. The summed E-state index contributed by atoms with van der Waals surface area (Å²) in [5.41, 5.74) is 1.05. The van der Waals surface area contributed by atoms with Crippen molar-refractivity contribution in [2.24, 2.45) is 0 Å². The van der Waals surface area contributed by atoms with Crippen LogP contribution in [-0.4, -0.2) is 36.9 Å². The predicted octanol–water partition coefficient (Wildman–Crippen LogP) is 3.27. The highest BCUT2D eigenvalue weighted by Gasteiger charge is 2.16. The van der Waals surface area contributed by atoms with Crippen LogP contribution in [0, 0.1) is 0 Å². The quantitative estimate of drug-likeness (QED) is 0.552. The van der Waals surface area contributed by atoms with Gasteiger partial charge in [-0.3, -0.25) is 14.4 Å². The van der Waals surface area contributed by atoms with Crippen LogP contribution in [0.2, 0.25) is 10.0 Å². The molecule has 1 atom stereocenters. The lowest BCUT2D eigenvalue weighted by Gasteiger charge is -2.16. The lowest BCUT2D eigenvalue weighted by molar-refractivity contribution is -0.127. The maximum absolute atomic E-state index is 12.1. The Morgan fingerprint density at radius 3 is 2.28 bits per heavy atom. The van der Waals surface area contributed by atoms with Gasteiger partial charge in [-0.1, -0.05) is 23.2 Å². The van der Waals surface area contributed by atoms with E-state index in [1.54, 1.807) is 43.3 Å². The van der Waals surface area contributed by atoms with Crippen LogP contribution in [0.1, 0.15) is 24.2 Å². The number of carbonyl (C=O) groups excluding carboxylic acids is 3. The van der Waals surface area contributed by atoms with Crippen molar-refractivity contribution in [1.82, 2.24) is 10.6 Å². The summed E-state index contributed by atoms with van der Waals surface area (Å²) in [5.74, 6) is -0.458. The summed E-state index contributed by atoms with van der Waals surface area (Å²) < 4.78 is 5.53.